The van der Waals surface area contributed by atoms with E-state index < -0.39 is 11.8 Å². The van der Waals surface area contributed by atoms with Gasteiger partial charge in [-0.25, -0.2) is 9.18 Å². The van der Waals surface area contributed by atoms with E-state index in [-0.39, 0.29) is 39.4 Å². The quantitative estimate of drug-likeness (QED) is 0.802. The number of aromatic carboxylic acids is 1. The van der Waals surface area contributed by atoms with Crippen LogP contribution in [0.4, 0.5) is 10.1 Å². The number of halogens is 3. The molecule has 7 heteroatoms. The highest BCUT2D eigenvalue weighted by Gasteiger charge is 2.34. The number of nitrogens with zero attached hydrogens (tertiary/aromatic N) is 1. The first-order valence-electron chi connectivity index (χ1n) is 5.07. The van der Waals surface area contributed by atoms with Crippen LogP contribution in [0.1, 0.15) is 16.8 Å². The maximum absolute atomic E-state index is 13.8. The normalized spacial score (nSPS) is 19.4. The second-order valence-electron chi connectivity index (χ2n) is 3.86. The highest BCUT2D eigenvalue weighted by Crippen LogP contribution is 2.34. The summed E-state index contributed by atoms with van der Waals surface area (Å²) in [5.41, 5.74) is -0.409. The predicted octanol–water partition coefficient (Wildman–Crippen LogP) is 2.79. The molecule has 1 unspecified atom stereocenters. The third-order valence-corrected chi connectivity index (χ3v) is 3.91. The first kappa shape index (κ1) is 13.5. The number of carboxylic acid groups (broad SMARTS) is 1. The van der Waals surface area contributed by atoms with Gasteiger partial charge >= 0.3 is 5.97 Å². The average Bonchev–Trinajstić information content (AvgIpc) is 2.60. The number of alkyl halides is 1. The van der Waals surface area contributed by atoms with Crippen LogP contribution in [0.3, 0.4) is 0 Å². The van der Waals surface area contributed by atoms with E-state index in [9.17, 15) is 14.0 Å². The van der Waals surface area contributed by atoms with Gasteiger partial charge in [0.1, 0.15) is 11.4 Å². The van der Waals surface area contributed by atoms with Gasteiger partial charge in [-0.05, 0) is 28.1 Å². The van der Waals surface area contributed by atoms with Crippen molar-refractivity contribution in [2.45, 2.75) is 11.2 Å². The summed E-state index contributed by atoms with van der Waals surface area (Å²) in [6, 6.07) is 2.45. The highest BCUT2D eigenvalue weighted by molar-refractivity contribution is 9.10. The lowest BCUT2D eigenvalue weighted by Crippen LogP contribution is -2.28. The van der Waals surface area contributed by atoms with Crippen molar-refractivity contribution >= 4 is 49.4 Å². The Morgan fingerprint density at radius 3 is 2.67 bits per heavy atom. The molecule has 2 rings (SSSR count). The molecule has 0 aromatic heterocycles. The minimum Gasteiger partial charge on any atom is -0.478 e. The Bertz CT molecular complexity index is 535. The molecule has 1 aliphatic rings. The molecule has 1 amide bonds. The van der Waals surface area contributed by atoms with E-state index in [4.69, 9.17) is 5.11 Å². The summed E-state index contributed by atoms with van der Waals surface area (Å²) in [5.74, 6) is -2.29. The zero-order valence-electron chi connectivity index (χ0n) is 8.99. The van der Waals surface area contributed by atoms with Crippen LogP contribution in [0.25, 0.3) is 0 Å². The predicted molar refractivity (Wildman–Crippen MR) is 70.7 cm³/mol. The van der Waals surface area contributed by atoms with Crippen molar-refractivity contribution in [2.75, 3.05) is 11.4 Å². The number of rotatable bonds is 2. The van der Waals surface area contributed by atoms with E-state index in [1.54, 1.807) is 0 Å². The number of carbonyl (C=O) groups is 2. The summed E-state index contributed by atoms with van der Waals surface area (Å²) in [6.45, 7) is 0.256. The highest BCUT2D eigenvalue weighted by atomic mass is 79.9. The summed E-state index contributed by atoms with van der Waals surface area (Å²) in [5, 5.41) is 9.14. The van der Waals surface area contributed by atoms with Crippen molar-refractivity contribution in [3.8, 4) is 0 Å². The smallest absolute Gasteiger partial charge is 0.339 e. The maximum atomic E-state index is 13.8. The summed E-state index contributed by atoms with van der Waals surface area (Å²) in [4.78, 5) is 24.0. The number of benzene rings is 1. The van der Waals surface area contributed by atoms with Gasteiger partial charge in [0.2, 0.25) is 5.91 Å². The van der Waals surface area contributed by atoms with Gasteiger partial charge in [-0.1, -0.05) is 15.9 Å². The molecule has 1 heterocycles. The van der Waals surface area contributed by atoms with Gasteiger partial charge in [-0.15, -0.1) is 0 Å². The summed E-state index contributed by atoms with van der Waals surface area (Å²) >= 11 is 6.34. The molecule has 1 saturated heterocycles. The van der Waals surface area contributed by atoms with Crippen LogP contribution in [-0.2, 0) is 4.79 Å². The molecule has 1 N–H and O–H groups in total. The summed E-state index contributed by atoms with van der Waals surface area (Å²) < 4.78 is 14.1. The molecule has 4 nitrogen and oxygen atoms in total. The van der Waals surface area contributed by atoms with Gasteiger partial charge in [0.05, 0.1) is 5.69 Å². The molecule has 1 aromatic carbocycles. The van der Waals surface area contributed by atoms with Crippen LogP contribution in [0.15, 0.2) is 16.6 Å². The van der Waals surface area contributed by atoms with Crippen molar-refractivity contribution in [1.29, 1.82) is 0 Å². The summed E-state index contributed by atoms with van der Waals surface area (Å²) in [7, 11) is 0. The lowest BCUT2D eigenvalue weighted by molar-refractivity contribution is -0.117. The zero-order chi connectivity index (χ0) is 13.4. The van der Waals surface area contributed by atoms with Gasteiger partial charge < -0.3 is 10.0 Å². The Morgan fingerprint density at radius 1 is 1.50 bits per heavy atom. The van der Waals surface area contributed by atoms with Crippen LogP contribution in [-0.4, -0.2) is 28.4 Å². The number of carboxylic acids is 1. The molecule has 0 saturated carbocycles. The van der Waals surface area contributed by atoms with Gasteiger partial charge in [-0.2, -0.15) is 0 Å². The fourth-order valence-corrected chi connectivity index (χ4v) is 2.94. The fourth-order valence-electron chi connectivity index (χ4n) is 1.89. The molecule has 0 bridgehead atoms. The lowest BCUT2D eigenvalue weighted by Gasteiger charge is -2.19. The first-order valence-corrected chi connectivity index (χ1v) is 6.78. The third-order valence-electron chi connectivity index (χ3n) is 2.64. The Labute approximate surface area is 119 Å². The van der Waals surface area contributed by atoms with E-state index in [2.05, 4.69) is 31.9 Å². The second kappa shape index (κ2) is 4.97. The molecule has 0 aliphatic carbocycles. The van der Waals surface area contributed by atoms with Crippen molar-refractivity contribution in [3.05, 3.63) is 28.0 Å². The van der Waals surface area contributed by atoms with Gasteiger partial charge in [0.25, 0.3) is 0 Å². The molecule has 18 heavy (non-hydrogen) atoms. The van der Waals surface area contributed by atoms with E-state index in [0.717, 1.165) is 6.07 Å². The van der Waals surface area contributed by atoms with Gasteiger partial charge in [0, 0.05) is 22.3 Å². The number of hydrogen-bond donors (Lipinski definition) is 1. The molecule has 1 aliphatic heterocycles. The van der Waals surface area contributed by atoms with Crippen LogP contribution in [0.2, 0.25) is 0 Å². The molecule has 0 spiro atoms. The Morgan fingerprint density at radius 2 is 2.17 bits per heavy atom. The average molecular weight is 381 g/mol. The largest absolute Gasteiger partial charge is 0.478 e. The van der Waals surface area contributed by atoms with Gasteiger partial charge in [-0.3, -0.25) is 4.79 Å². The van der Waals surface area contributed by atoms with Crippen LogP contribution >= 0.6 is 31.9 Å². The minimum absolute atomic E-state index is 0.0926. The van der Waals surface area contributed by atoms with Gasteiger partial charge in [0.15, 0.2) is 0 Å². The van der Waals surface area contributed by atoms with Crippen molar-refractivity contribution < 1.29 is 19.1 Å². The maximum Gasteiger partial charge on any atom is 0.339 e. The molecule has 1 fully saturated rings. The monoisotopic (exact) mass is 379 g/mol. The molecule has 1 aromatic rings. The number of hydrogen-bond acceptors (Lipinski definition) is 2. The van der Waals surface area contributed by atoms with E-state index in [1.807, 2.05) is 0 Å². The van der Waals surface area contributed by atoms with E-state index >= 15 is 0 Å². The van der Waals surface area contributed by atoms with Crippen LogP contribution in [0.5, 0.6) is 0 Å². The topological polar surface area (TPSA) is 57.6 Å². The van der Waals surface area contributed by atoms with Crippen LogP contribution in [0, 0.1) is 5.82 Å². The molecule has 0 radical (unpaired) electrons. The Balaban J connectivity index is 2.59. The second-order valence-corrected chi connectivity index (χ2v) is 6.01. The SMILES string of the molecule is O=C(O)c1c(Br)ccc(F)c1N1CC(Br)CC1=O. The minimum atomic E-state index is -1.28. The van der Waals surface area contributed by atoms with Crippen molar-refractivity contribution in [1.82, 2.24) is 0 Å². The molecular weight excluding hydrogens is 373 g/mol. The zero-order valence-corrected chi connectivity index (χ0v) is 12.2. The Hall–Kier alpha value is -0.950. The standard InChI is InChI=1S/C11H8Br2FNO3/c12-5-3-8(16)15(4-5)10-7(14)2-1-6(13)9(10)11(17)18/h1-2,5H,3-4H2,(H,17,18). The lowest BCUT2D eigenvalue weighted by atomic mass is 10.1. The van der Waals surface area contributed by atoms with E-state index in [1.165, 1.54) is 11.0 Å². The molecule has 96 valence electrons. The number of amides is 1. The summed E-state index contributed by atoms with van der Waals surface area (Å²) in [6.07, 6.45) is 0.227. The number of carbonyl (C=O) groups excluding carboxylic acids is 1. The molecular formula is C11H8Br2FNO3. The first-order chi connectivity index (χ1) is 8.41. The van der Waals surface area contributed by atoms with Crippen molar-refractivity contribution in [3.63, 3.8) is 0 Å². The number of anilines is 1. The third kappa shape index (κ3) is 2.29. The van der Waals surface area contributed by atoms with Crippen molar-refractivity contribution in [2.24, 2.45) is 0 Å². The Kier molecular flexibility index (Phi) is 3.72. The van der Waals surface area contributed by atoms with E-state index in [0.29, 0.717) is 0 Å². The fraction of sp³-hybridized carbons (Fsp3) is 0.273. The molecule has 1 atom stereocenters. The van der Waals surface area contributed by atoms with Crippen LogP contribution < -0.4 is 4.90 Å².